The molecule has 0 aliphatic heterocycles. The second-order valence-electron chi connectivity index (χ2n) is 2.74. The standard InChI is InChI=1S/C8H5Cl2N3O4/c9-4-1-2-6(13(16)17)5(3-4)11-12-7(10)8(14)15/h1-3,11H,(H,14,15)/b12-7+. The van der Waals surface area contributed by atoms with Crippen LogP contribution in [0.1, 0.15) is 0 Å². The molecule has 1 aromatic carbocycles. The fourth-order valence-electron chi connectivity index (χ4n) is 0.914. The zero-order valence-corrected chi connectivity index (χ0v) is 9.57. The van der Waals surface area contributed by atoms with Gasteiger partial charge in [0, 0.05) is 11.1 Å². The molecule has 0 unspecified atom stereocenters. The van der Waals surface area contributed by atoms with Crippen LogP contribution in [0, 0.1) is 10.1 Å². The number of halogens is 2. The molecule has 9 heteroatoms. The summed E-state index contributed by atoms with van der Waals surface area (Å²) < 4.78 is 0. The Morgan fingerprint density at radius 3 is 2.71 bits per heavy atom. The summed E-state index contributed by atoms with van der Waals surface area (Å²) in [6, 6.07) is 3.72. The number of carboxylic acids is 1. The van der Waals surface area contributed by atoms with Crippen LogP contribution in [0.15, 0.2) is 23.3 Å². The monoisotopic (exact) mass is 277 g/mol. The second-order valence-corrected chi connectivity index (χ2v) is 3.53. The van der Waals surface area contributed by atoms with Crippen molar-refractivity contribution in [2.75, 3.05) is 5.43 Å². The number of carboxylic acid groups (broad SMARTS) is 1. The summed E-state index contributed by atoms with van der Waals surface area (Å²) in [5.41, 5.74) is 1.81. The lowest BCUT2D eigenvalue weighted by molar-refractivity contribution is -0.384. The third kappa shape index (κ3) is 3.58. The molecule has 0 aliphatic rings. The van der Waals surface area contributed by atoms with Crippen LogP contribution in [-0.4, -0.2) is 21.2 Å². The van der Waals surface area contributed by atoms with Gasteiger partial charge < -0.3 is 5.11 Å². The van der Waals surface area contributed by atoms with Crippen molar-refractivity contribution >= 4 is 45.7 Å². The van der Waals surface area contributed by atoms with Gasteiger partial charge in [-0.2, -0.15) is 5.10 Å². The Morgan fingerprint density at radius 2 is 2.18 bits per heavy atom. The van der Waals surface area contributed by atoms with Crippen molar-refractivity contribution in [3.63, 3.8) is 0 Å². The van der Waals surface area contributed by atoms with Crippen molar-refractivity contribution in [1.29, 1.82) is 0 Å². The summed E-state index contributed by atoms with van der Waals surface area (Å²) in [5.74, 6) is -1.45. The van der Waals surface area contributed by atoms with E-state index in [-0.39, 0.29) is 16.4 Å². The first-order valence-electron chi connectivity index (χ1n) is 4.08. The molecule has 0 radical (unpaired) electrons. The Kier molecular flexibility index (Phi) is 4.24. The van der Waals surface area contributed by atoms with Crippen molar-refractivity contribution in [1.82, 2.24) is 0 Å². The van der Waals surface area contributed by atoms with Gasteiger partial charge in [-0.1, -0.05) is 23.2 Å². The Morgan fingerprint density at radius 1 is 1.53 bits per heavy atom. The molecule has 0 bridgehead atoms. The van der Waals surface area contributed by atoms with Gasteiger partial charge in [-0.25, -0.2) is 4.79 Å². The number of anilines is 1. The van der Waals surface area contributed by atoms with E-state index >= 15 is 0 Å². The normalized spacial score (nSPS) is 11.1. The maximum atomic E-state index is 10.6. The second kappa shape index (κ2) is 5.46. The molecule has 7 nitrogen and oxygen atoms in total. The third-order valence-corrected chi connectivity index (χ3v) is 2.09. The molecule has 90 valence electrons. The van der Waals surface area contributed by atoms with E-state index in [4.69, 9.17) is 28.3 Å². The smallest absolute Gasteiger partial charge is 0.368 e. The molecule has 0 amide bonds. The first-order chi connectivity index (χ1) is 7.91. The van der Waals surface area contributed by atoms with Crippen molar-refractivity contribution in [2.24, 2.45) is 5.10 Å². The molecule has 0 heterocycles. The number of hydrogen-bond donors (Lipinski definition) is 2. The van der Waals surface area contributed by atoms with E-state index in [9.17, 15) is 14.9 Å². The lowest BCUT2D eigenvalue weighted by Crippen LogP contribution is -2.08. The first-order valence-corrected chi connectivity index (χ1v) is 4.84. The topological polar surface area (TPSA) is 105 Å². The predicted octanol–water partition coefficient (Wildman–Crippen LogP) is 2.30. The lowest BCUT2D eigenvalue weighted by atomic mass is 10.3. The lowest BCUT2D eigenvalue weighted by Gasteiger charge is -2.02. The van der Waals surface area contributed by atoms with Crippen molar-refractivity contribution in [2.45, 2.75) is 0 Å². The molecule has 1 aromatic rings. The van der Waals surface area contributed by atoms with Gasteiger partial charge in [0.2, 0.25) is 5.17 Å². The van der Waals surface area contributed by atoms with Gasteiger partial charge in [-0.05, 0) is 12.1 Å². The fourth-order valence-corrected chi connectivity index (χ4v) is 1.13. The number of aliphatic carboxylic acids is 1. The quantitative estimate of drug-likeness (QED) is 0.499. The molecule has 1 rings (SSSR count). The highest BCUT2D eigenvalue weighted by Crippen LogP contribution is 2.27. The minimum atomic E-state index is -1.45. The van der Waals surface area contributed by atoms with Crippen molar-refractivity contribution in [3.8, 4) is 0 Å². The number of hydrazone groups is 1. The van der Waals surface area contributed by atoms with E-state index < -0.39 is 16.1 Å². The summed E-state index contributed by atoms with van der Waals surface area (Å²) in [6.45, 7) is 0. The zero-order chi connectivity index (χ0) is 13.0. The Labute approximate surface area is 105 Å². The highest BCUT2D eigenvalue weighted by atomic mass is 35.5. The summed E-state index contributed by atoms with van der Waals surface area (Å²) in [6.07, 6.45) is 0. The molecule has 0 aromatic heterocycles. The number of nitro groups is 1. The highest BCUT2D eigenvalue weighted by molar-refractivity contribution is 6.81. The Hall–Kier alpha value is -1.86. The molecule has 0 spiro atoms. The van der Waals surface area contributed by atoms with E-state index in [0.29, 0.717) is 0 Å². The van der Waals surface area contributed by atoms with Crippen LogP contribution in [0.3, 0.4) is 0 Å². The Balaban J connectivity index is 3.05. The molecule has 0 atom stereocenters. The molecule has 2 N–H and O–H groups in total. The number of hydrogen-bond acceptors (Lipinski definition) is 5. The minimum absolute atomic E-state index is 0.0538. The predicted molar refractivity (Wildman–Crippen MR) is 62.7 cm³/mol. The van der Waals surface area contributed by atoms with Crippen LogP contribution in [0.5, 0.6) is 0 Å². The van der Waals surface area contributed by atoms with Crippen LogP contribution in [0.25, 0.3) is 0 Å². The molecule has 0 saturated carbocycles. The zero-order valence-electron chi connectivity index (χ0n) is 8.05. The van der Waals surface area contributed by atoms with E-state index in [2.05, 4.69) is 10.5 Å². The van der Waals surface area contributed by atoms with Crippen LogP contribution in [-0.2, 0) is 4.79 Å². The van der Waals surface area contributed by atoms with Crippen LogP contribution < -0.4 is 5.43 Å². The fraction of sp³-hybridized carbons (Fsp3) is 0. The maximum absolute atomic E-state index is 10.6. The number of nitrogens with zero attached hydrogens (tertiary/aromatic N) is 2. The Bertz CT molecular complexity index is 504. The van der Waals surface area contributed by atoms with Gasteiger partial charge in [0.05, 0.1) is 4.92 Å². The molecule has 0 aliphatic carbocycles. The third-order valence-electron chi connectivity index (χ3n) is 1.61. The van der Waals surface area contributed by atoms with E-state index in [0.717, 1.165) is 6.07 Å². The van der Waals surface area contributed by atoms with Gasteiger partial charge in [-0.3, -0.25) is 15.5 Å². The van der Waals surface area contributed by atoms with Gasteiger partial charge in [-0.15, -0.1) is 0 Å². The van der Waals surface area contributed by atoms with Crippen molar-refractivity contribution < 1.29 is 14.8 Å². The summed E-state index contributed by atoms with van der Waals surface area (Å²) in [5, 5.41) is 21.8. The van der Waals surface area contributed by atoms with Gasteiger partial charge in [0.25, 0.3) is 5.69 Å². The molecular weight excluding hydrogens is 273 g/mol. The molecular formula is C8H5Cl2N3O4. The highest BCUT2D eigenvalue weighted by Gasteiger charge is 2.14. The summed E-state index contributed by atoms with van der Waals surface area (Å²) in [4.78, 5) is 20.3. The summed E-state index contributed by atoms with van der Waals surface area (Å²) >= 11 is 10.9. The number of benzene rings is 1. The van der Waals surface area contributed by atoms with Gasteiger partial charge in [0.1, 0.15) is 5.69 Å². The average molecular weight is 278 g/mol. The maximum Gasteiger partial charge on any atom is 0.368 e. The molecule has 0 saturated heterocycles. The van der Waals surface area contributed by atoms with Crippen LogP contribution in [0.2, 0.25) is 5.02 Å². The SMILES string of the molecule is O=C(O)/C(Cl)=N\Nc1cc(Cl)ccc1[N+](=O)[O-]. The average Bonchev–Trinajstić information content (AvgIpc) is 2.25. The van der Waals surface area contributed by atoms with E-state index in [1.54, 1.807) is 0 Å². The minimum Gasteiger partial charge on any atom is -0.476 e. The largest absolute Gasteiger partial charge is 0.476 e. The van der Waals surface area contributed by atoms with E-state index in [1.165, 1.54) is 12.1 Å². The van der Waals surface area contributed by atoms with Gasteiger partial charge >= 0.3 is 5.97 Å². The number of carbonyl (C=O) groups is 1. The van der Waals surface area contributed by atoms with Crippen molar-refractivity contribution in [3.05, 3.63) is 33.3 Å². The first kappa shape index (κ1) is 13.2. The van der Waals surface area contributed by atoms with Crippen LogP contribution >= 0.6 is 23.2 Å². The molecule has 17 heavy (non-hydrogen) atoms. The van der Waals surface area contributed by atoms with Gasteiger partial charge in [0.15, 0.2) is 0 Å². The summed E-state index contributed by atoms with van der Waals surface area (Å²) in [7, 11) is 0. The van der Waals surface area contributed by atoms with E-state index in [1.807, 2.05) is 0 Å². The van der Waals surface area contributed by atoms with Crippen LogP contribution in [0.4, 0.5) is 11.4 Å². The number of rotatable bonds is 4. The number of nitrogens with one attached hydrogen (secondary N) is 1. The number of nitro benzene ring substituents is 1. The molecule has 0 fully saturated rings.